The number of hydrogen-bond acceptors (Lipinski definition) is 5. The first-order valence-electron chi connectivity index (χ1n) is 9.74. The van der Waals surface area contributed by atoms with Crippen LogP contribution in [0.3, 0.4) is 0 Å². The Morgan fingerprint density at radius 3 is 2.71 bits per heavy atom. The SMILES string of the molecule is CCn1nnc2cc(C(=O)NC(CN3CCOCC3)c3ccccc3)ccc21. The monoisotopic (exact) mass is 379 g/mol. The fraction of sp³-hybridized carbons (Fsp3) is 0.381. The minimum atomic E-state index is -0.102. The Kier molecular flexibility index (Phi) is 5.64. The molecule has 3 aromatic rings. The molecule has 1 aliphatic rings. The number of amides is 1. The van der Waals surface area contributed by atoms with Gasteiger partial charge in [0.1, 0.15) is 5.52 Å². The zero-order chi connectivity index (χ0) is 19.3. The molecule has 2 heterocycles. The van der Waals surface area contributed by atoms with Gasteiger partial charge in [-0.1, -0.05) is 35.5 Å². The van der Waals surface area contributed by atoms with Crippen LogP contribution in [0, 0.1) is 0 Å². The van der Waals surface area contributed by atoms with Crippen LogP contribution in [0.1, 0.15) is 28.9 Å². The average Bonchev–Trinajstić information content (AvgIpc) is 3.17. The van der Waals surface area contributed by atoms with Gasteiger partial charge in [0.2, 0.25) is 0 Å². The summed E-state index contributed by atoms with van der Waals surface area (Å²) in [5.41, 5.74) is 3.37. The van der Waals surface area contributed by atoms with Crippen molar-refractivity contribution in [1.29, 1.82) is 0 Å². The lowest BCUT2D eigenvalue weighted by molar-refractivity contribution is 0.0332. The number of carbonyl (C=O) groups is 1. The van der Waals surface area contributed by atoms with E-state index < -0.39 is 0 Å². The highest BCUT2D eigenvalue weighted by molar-refractivity contribution is 5.97. The minimum absolute atomic E-state index is 0.0891. The standard InChI is InChI=1S/C21H25N5O2/c1-2-26-20-9-8-17(14-18(20)23-24-26)21(27)22-19(16-6-4-3-5-7-16)15-25-10-12-28-13-11-25/h3-9,14,19H,2,10-13,15H2,1H3,(H,22,27). The molecule has 0 radical (unpaired) electrons. The van der Waals surface area contributed by atoms with E-state index in [1.165, 1.54) is 0 Å². The van der Waals surface area contributed by atoms with Crippen LogP contribution < -0.4 is 5.32 Å². The summed E-state index contributed by atoms with van der Waals surface area (Å²) in [4.78, 5) is 15.3. The molecule has 0 aliphatic carbocycles. The third-order valence-electron chi connectivity index (χ3n) is 5.13. The van der Waals surface area contributed by atoms with Gasteiger partial charge in [0, 0.05) is 31.7 Å². The Morgan fingerprint density at radius 1 is 1.18 bits per heavy atom. The average molecular weight is 379 g/mol. The van der Waals surface area contributed by atoms with Crippen LogP contribution in [0.25, 0.3) is 11.0 Å². The first-order chi connectivity index (χ1) is 13.7. The smallest absolute Gasteiger partial charge is 0.251 e. The number of morpholine rings is 1. The predicted molar refractivity (Wildman–Crippen MR) is 107 cm³/mol. The normalized spacial score (nSPS) is 16.2. The van der Waals surface area contributed by atoms with E-state index in [4.69, 9.17) is 4.74 Å². The van der Waals surface area contributed by atoms with Gasteiger partial charge < -0.3 is 10.1 Å². The molecule has 2 aromatic carbocycles. The molecule has 1 unspecified atom stereocenters. The molecule has 1 N–H and O–H groups in total. The molecular weight excluding hydrogens is 354 g/mol. The maximum absolute atomic E-state index is 13.0. The highest BCUT2D eigenvalue weighted by Crippen LogP contribution is 2.18. The molecule has 1 fully saturated rings. The number of aromatic nitrogens is 3. The summed E-state index contributed by atoms with van der Waals surface area (Å²) in [6, 6.07) is 15.6. The zero-order valence-electron chi connectivity index (χ0n) is 16.0. The molecule has 0 bridgehead atoms. The van der Waals surface area contributed by atoms with E-state index in [0.29, 0.717) is 5.56 Å². The molecule has 7 nitrogen and oxygen atoms in total. The maximum atomic E-state index is 13.0. The van der Waals surface area contributed by atoms with Gasteiger partial charge in [0.15, 0.2) is 0 Å². The maximum Gasteiger partial charge on any atom is 0.251 e. The van der Waals surface area contributed by atoms with Crippen molar-refractivity contribution in [2.45, 2.75) is 19.5 Å². The Hall–Kier alpha value is -2.77. The second kappa shape index (κ2) is 8.50. The number of fused-ring (bicyclic) bond motifs is 1. The van der Waals surface area contributed by atoms with E-state index in [1.807, 2.05) is 41.9 Å². The van der Waals surface area contributed by atoms with Gasteiger partial charge in [-0.3, -0.25) is 9.69 Å². The number of nitrogens with one attached hydrogen (secondary N) is 1. The van der Waals surface area contributed by atoms with Crippen LogP contribution in [0.4, 0.5) is 0 Å². The molecule has 1 atom stereocenters. The van der Waals surface area contributed by atoms with Crippen LogP contribution in [0.2, 0.25) is 0 Å². The van der Waals surface area contributed by atoms with Gasteiger partial charge in [-0.15, -0.1) is 5.10 Å². The van der Waals surface area contributed by atoms with Gasteiger partial charge in [-0.05, 0) is 30.7 Å². The lowest BCUT2D eigenvalue weighted by atomic mass is 10.0. The van der Waals surface area contributed by atoms with Crippen LogP contribution in [-0.4, -0.2) is 58.6 Å². The third-order valence-corrected chi connectivity index (χ3v) is 5.13. The molecule has 1 amide bonds. The molecule has 0 saturated carbocycles. The number of hydrogen-bond donors (Lipinski definition) is 1. The number of benzene rings is 2. The minimum Gasteiger partial charge on any atom is -0.379 e. The van der Waals surface area contributed by atoms with E-state index in [2.05, 4.69) is 32.7 Å². The van der Waals surface area contributed by atoms with Crippen molar-refractivity contribution in [3.8, 4) is 0 Å². The number of rotatable bonds is 6. The summed E-state index contributed by atoms with van der Waals surface area (Å²) < 4.78 is 7.27. The summed E-state index contributed by atoms with van der Waals surface area (Å²) >= 11 is 0. The van der Waals surface area contributed by atoms with Gasteiger partial charge in [-0.25, -0.2) is 4.68 Å². The third kappa shape index (κ3) is 4.05. The highest BCUT2D eigenvalue weighted by atomic mass is 16.5. The molecular formula is C21H25N5O2. The molecule has 1 aromatic heterocycles. The van der Waals surface area contributed by atoms with E-state index in [-0.39, 0.29) is 11.9 Å². The highest BCUT2D eigenvalue weighted by Gasteiger charge is 2.21. The van der Waals surface area contributed by atoms with E-state index in [1.54, 1.807) is 6.07 Å². The Balaban J connectivity index is 1.54. The fourth-order valence-corrected chi connectivity index (χ4v) is 3.55. The van der Waals surface area contributed by atoms with Crippen LogP contribution in [-0.2, 0) is 11.3 Å². The van der Waals surface area contributed by atoms with Crippen molar-refractivity contribution < 1.29 is 9.53 Å². The number of aryl methyl sites for hydroxylation is 1. The van der Waals surface area contributed by atoms with Crippen molar-refractivity contribution in [2.24, 2.45) is 0 Å². The summed E-state index contributed by atoms with van der Waals surface area (Å²) in [6.45, 7) is 6.75. The van der Waals surface area contributed by atoms with Crippen LogP contribution in [0.15, 0.2) is 48.5 Å². The fourth-order valence-electron chi connectivity index (χ4n) is 3.55. The second-order valence-corrected chi connectivity index (χ2v) is 6.96. The number of ether oxygens (including phenoxy) is 1. The largest absolute Gasteiger partial charge is 0.379 e. The van der Waals surface area contributed by atoms with Crippen molar-refractivity contribution in [3.05, 3.63) is 59.7 Å². The van der Waals surface area contributed by atoms with Gasteiger partial charge >= 0.3 is 0 Å². The topological polar surface area (TPSA) is 72.3 Å². The summed E-state index contributed by atoms with van der Waals surface area (Å²) in [7, 11) is 0. The van der Waals surface area contributed by atoms with Crippen molar-refractivity contribution in [3.63, 3.8) is 0 Å². The zero-order valence-corrected chi connectivity index (χ0v) is 16.0. The molecule has 1 saturated heterocycles. The van der Waals surface area contributed by atoms with Gasteiger partial charge in [0.05, 0.1) is 24.8 Å². The Labute approximate surface area is 164 Å². The molecule has 0 spiro atoms. The van der Waals surface area contributed by atoms with Crippen molar-refractivity contribution in [1.82, 2.24) is 25.2 Å². The summed E-state index contributed by atoms with van der Waals surface area (Å²) in [6.07, 6.45) is 0. The Bertz CT molecular complexity index is 934. The summed E-state index contributed by atoms with van der Waals surface area (Å²) in [5.74, 6) is -0.102. The van der Waals surface area contributed by atoms with Gasteiger partial charge in [-0.2, -0.15) is 0 Å². The Morgan fingerprint density at radius 2 is 1.96 bits per heavy atom. The molecule has 1 aliphatic heterocycles. The lowest BCUT2D eigenvalue weighted by Gasteiger charge is -2.31. The van der Waals surface area contributed by atoms with E-state index in [0.717, 1.165) is 56.0 Å². The first kappa shape index (κ1) is 18.6. The predicted octanol–water partition coefficient (Wildman–Crippen LogP) is 2.25. The van der Waals surface area contributed by atoms with Crippen LogP contribution in [0.5, 0.6) is 0 Å². The first-order valence-corrected chi connectivity index (χ1v) is 9.74. The molecule has 146 valence electrons. The van der Waals surface area contributed by atoms with Gasteiger partial charge in [0.25, 0.3) is 5.91 Å². The van der Waals surface area contributed by atoms with Crippen LogP contribution >= 0.6 is 0 Å². The quantitative estimate of drug-likeness (QED) is 0.711. The van der Waals surface area contributed by atoms with E-state index in [9.17, 15) is 4.79 Å². The van der Waals surface area contributed by atoms with Crippen molar-refractivity contribution >= 4 is 16.9 Å². The molecule has 28 heavy (non-hydrogen) atoms. The van der Waals surface area contributed by atoms with Crippen molar-refractivity contribution in [2.75, 3.05) is 32.8 Å². The second-order valence-electron chi connectivity index (χ2n) is 6.96. The summed E-state index contributed by atoms with van der Waals surface area (Å²) in [5, 5.41) is 11.5. The number of nitrogens with zero attached hydrogens (tertiary/aromatic N) is 4. The molecule has 4 rings (SSSR count). The lowest BCUT2D eigenvalue weighted by Crippen LogP contribution is -2.43. The number of carbonyl (C=O) groups excluding carboxylic acids is 1. The molecule has 7 heteroatoms. The van der Waals surface area contributed by atoms with E-state index >= 15 is 0 Å².